The number of likely N-dealkylation sites (N-methyl/N-ethyl adjacent to an activating group) is 2. The van der Waals surface area contributed by atoms with Gasteiger partial charge >= 0.3 is 0 Å². The molecule has 0 unspecified atom stereocenters. The normalized spacial score (nSPS) is 29.0. The number of rotatable bonds is 6. The minimum atomic E-state index is -0.554. The Kier molecular flexibility index (Phi) is 5.63. The highest BCUT2D eigenvalue weighted by Gasteiger charge is 2.44. The fourth-order valence-corrected chi connectivity index (χ4v) is 3.80. The first-order chi connectivity index (χ1) is 10.0. The predicted molar refractivity (Wildman–Crippen MR) is 82.3 cm³/mol. The molecule has 0 aromatic carbocycles. The summed E-state index contributed by atoms with van der Waals surface area (Å²) in [6, 6.07) is 0.379. The number of hydrogen-bond acceptors (Lipinski definition) is 4. The molecule has 0 aromatic heterocycles. The Hall–Kier alpha value is -0.650. The second-order valence-corrected chi connectivity index (χ2v) is 6.51. The summed E-state index contributed by atoms with van der Waals surface area (Å²) in [7, 11) is 5.78. The monoisotopic (exact) mass is 298 g/mol. The van der Waals surface area contributed by atoms with Gasteiger partial charge in [0.1, 0.15) is 5.60 Å². The number of carbonyl (C=O) groups excluding carboxylic acids is 1. The van der Waals surface area contributed by atoms with Gasteiger partial charge in [-0.2, -0.15) is 0 Å². The lowest BCUT2D eigenvalue weighted by molar-refractivity contribution is -0.156. The second kappa shape index (κ2) is 7.07. The largest absolute Gasteiger partial charge is 0.380 e. The van der Waals surface area contributed by atoms with Crippen molar-refractivity contribution in [1.82, 2.24) is 9.80 Å². The van der Waals surface area contributed by atoms with Gasteiger partial charge in [0.2, 0.25) is 0 Å². The molecule has 2 rings (SSSR count). The summed E-state index contributed by atoms with van der Waals surface area (Å²) in [6.07, 6.45) is 5.20. The molecule has 1 amide bonds. The molecule has 2 fully saturated rings. The van der Waals surface area contributed by atoms with Crippen LogP contribution < -0.4 is 0 Å². The summed E-state index contributed by atoms with van der Waals surface area (Å²) in [6.45, 7) is 4.28. The lowest BCUT2D eigenvalue weighted by Crippen LogP contribution is -2.50. The number of methoxy groups -OCH3 is 1. The zero-order chi connectivity index (χ0) is 15.5. The molecule has 1 heterocycles. The van der Waals surface area contributed by atoms with Crippen molar-refractivity contribution in [1.29, 1.82) is 0 Å². The van der Waals surface area contributed by atoms with E-state index >= 15 is 0 Å². The van der Waals surface area contributed by atoms with Crippen LogP contribution in [0.1, 0.15) is 39.0 Å². The van der Waals surface area contributed by atoms with E-state index in [1.165, 1.54) is 0 Å². The number of amides is 1. The third-order valence-corrected chi connectivity index (χ3v) is 5.04. The molecule has 2 atom stereocenters. The van der Waals surface area contributed by atoms with Gasteiger partial charge in [-0.05, 0) is 46.1 Å². The molecule has 21 heavy (non-hydrogen) atoms. The van der Waals surface area contributed by atoms with E-state index in [1.54, 1.807) is 7.11 Å². The standard InChI is InChI=1S/C16H30N2O3/c1-5-21-16(8-6-7-9-16)15(19)18(3)11-13-10-14(20-4)12-17(13)2/h13-14H,5-12H2,1-4H3/t13-,14-/m0/s1. The summed E-state index contributed by atoms with van der Waals surface area (Å²) in [5, 5.41) is 0. The Morgan fingerprint density at radius 3 is 2.57 bits per heavy atom. The summed E-state index contributed by atoms with van der Waals surface area (Å²) < 4.78 is 11.3. The van der Waals surface area contributed by atoms with Gasteiger partial charge in [0.15, 0.2) is 0 Å². The first-order valence-electron chi connectivity index (χ1n) is 8.15. The van der Waals surface area contributed by atoms with Crippen LogP contribution in [-0.2, 0) is 14.3 Å². The maximum Gasteiger partial charge on any atom is 0.254 e. The molecule has 5 nitrogen and oxygen atoms in total. The lowest BCUT2D eigenvalue weighted by Gasteiger charge is -2.34. The first kappa shape index (κ1) is 16.7. The van der Waals surface area contributed by atoms with E-state index in [-0.39, 0.29) is 12.0 Å². The number of carbonyl (C=O) groups is 1. The lowest BCUT2D eigenvalue weighted by atomic mass is 9.99. The van der Waals surface area contributed by atoms with Crippen molar-refractivity contribution in [3.05, 3.63) is 0 Å². The molecule has 122 valence electrons. The molecule has 0 spiro atoms. The van der Waals surface area contributed by atoms with Crippen LogP contribution in [0, 0.1) is 0 Å². The predicted octanol–water partition coefficient (Wildman–Crippen LogP) is 1.51. The molecule has 0 radical (unpaired) electrons. The highest BCUT2D eigenvalue weighted by molar-refractivity contribution is 5.85. The smallest absolute Gasteiger partial charge is 0.254 e. The van der Waals surface area contributed by atoms with Crippen LogP contribution in [0.15, 0.2) is 0 Å². The van der Waals surface area contributed by atoms with Gasteiger partial charge in [-0.3, -0.25) is 9.69 Å². The topological polar surface area (TPSA) is 42.0 Å². The summed E-state index contributed by atoms with van der Waals surface area (Å²) in [4.78, 5) is 17.0. The number of likely N-dealkylation sites (tertiary alicyclic amines) is 1. The maximum absolute atomic E-state index is 12.9. The Morgan fingerprint density at radius 1 is 1.38 bits per heavy atom. The zero-order valence-electron chi connectivity index (χ0n) is 13.9. The Balaban J connectivity index is 1.96. The van der Waals surface area contributed by atoms with Crippen LogP contribution in [0.25, 0.3) is 0 Å². The van der Waals surface area contributed by atoms with Gasteiger partial charge in [-0.15, -0.1) is 0 Å². The van der Waals surface area contributed by atoms with Crippen molar-refractivity contribution in [2.45, 2.75) is 56.8 Å². The summed E-state index contributed by atoms with van der Waals surface area (Å²) in [5.41, 5.74) is -0.554. The van der Waals surface area contributed by atoms with E-state index in [0.717, 1.165) is 45.2 Å². The molecular formula is C16H30N2O3. The SMILES string of the molecule is CCOC1(C(=O)N(C)C[C@@H]2C[C@H](OC)CN2C)CCCC1. The van der Waals surface area contributed by atoms with Gasteiger partial charge in [0.25, 0.3) is 5.91 Å². The van der Waals surface area contributed by atoms with E-state index in [2.05, 4.69) is 11.9 Å². The third kappa shape index (κ3) is 3.58. The average molecular weight is 298 g/mol. The van der Waals surface area contributed by atoms with Crippen molar-refractivity contribution in [3.63, 3.8) is 0 Å². The first-order valence-corrected chi connectivity index (χ1v) is 8.15. The van der Waals surface area contributed by atoms with Crippen LogP contribution in [0.2, 0.25) is 0 Å². The van der Waals surface area contributed by atoms with Crippen molar-refractivity contribution < 1.29 is 14.3 Å². The van der Waals surface area contributed by atoms with Crippen LogP contribution in [-0.4, -0.2) is 74.4 Å². The van der Waals surface area contributed by atoms with Crippen LogP contribution in [0.4, 0.5) is 0 Å². The number of hydrogen-bond donors (Lipinski definition) is 0. The Labute approximate surface area is 128 Å². The molecule has 5 heteroatoms. The molecule has 2 aliphatic rings. The van der Waals surface area contributed by atoms with E-state index in [4.69, 9.17) is 9.47 Å². The van der Waals surface area contributed by atoms with Crippen molar-refractivity contribution in [3.8, 4) is 0 Å². The highest BCUT2D eigenvalue weighted by atomic mass is 16.5. The van der Waals surface area contributed by atoms with Gasteiger partial charge < -0.3 is 14.4 Å². The van der Waals surface area contributed by atoms with Crippen molar-refractivity contribution in [2.75, 3.05) is 40.9 Å². The molecule has 1 aliphatic carbocycles. The van der Waals surface area contributed by atoms with E-state index in [9.17, 15) is 4.79 Å². The summed E-state index contributed by atoms with van der Waals surface area (Å²) >= 11 is 0. The zero-order valence-corrected chi connectivity index (χ0v) is 13.9. The van der Waals surface area contributed by atoms with E-state index in [1.807, 2.05) is 18.9 Å². The minimum absolute atomic E-state index is 0.163. The second-order valence-electron chi connectivity index (χ2n) is 6.51. The molecular weight excluding hydrogens is 268 g/mol. The average Bonchev–Trinajstić information content (AvgIpc) is 3.07. The van der Waals surface area contributed by atoms with Crippen molar-refractivity contribution in [2.24, 2.45) is 0 Å². The molecule has 0 aromatic rings. The van der Waals surface area contributed by atoms with Crippen LogP contribution in [0.5, 0.6) is 0 Å². The Bertz CT molecular complexity index is 355. The maximum atomic E-state index is 12.9. The third-order valence-electron chi connectivity index (χ3n) is 5.04. The number of nitrogens with zero attached hydrogens (tertiary/aromatic N) is 2. The molecule has 1 saturated carbocycles. The van der Waals surface area contributed by atoms with Crippen LogP contribution >= 0.6 is 0 Å². The fourth-order valence-electron chi connectivity index (χ4n) is 3.80. The van der Waals surface area contributed by atoms with Gasteiger partial charge in [0.05, 0.1) is 6.10 Å². The highest BCUT2D eigenvalue weighted by Crippen LogP contribution is 2.35. The number of ether oxygens (including phenoxy) is 2. The molecule has 1 saturated heterocycles. The van der Waals surface area contributed by atoms with Crippen molar-refractivity contribution >= 4 is 5.91 Å². The fraction of sp³-hybridized carbons (Fsp3) is 0.938. The van der Waals surface area contributed by atoms with Gasteiger partial charge in [0, 0.05) is 39.9 Å². The quantitative estimate of drug-likeness (QED) is 0.745. The van der Waals surface area contributed by atoms with E-state index < -0.39 is 5.60 Å². The van der Waals surface area contributed by atoms with E-state index in [0.29, 0.717) is 12.6 Å². The molecule has 0 N–H and O–H groups in total. The minimum Gasteiger partial charge on any atom is -0.380 e. The molecule has 1 aliphatic heterocycles. The Morgan fingerprint density at radius 2 is 2.05 bits per heavy atom. The molecule has 0 bridgehead atoms. The van der Waals surface area contributed by atoms with Gasteiger partial charge in [-0.1, -0.05) is 0 Å². The van der Waals surface area contributed by atoms with Gasteiger partial charge in [-0.25, -0.2) is 0 Å². The van der Waals surface area contributed by atoms with Crippen LogP contribution in [0.3, 0.4) is 0 Å². The summed E-state index contributed by atoms with van der Waals surface area (Å²) in [5.74, 6) is 0.163.